The van der Waals surface area contributed by atoms with Crippen LogP contribution in [0, 0.1) is 5.82 Å². The number of aryl methyl sites for hydroxylation is 1. The number of benzene rings is 2. The number of carbonyl (C=O) groups excluding carboxylic acids is 1. The SMILES string of the molecule is Nc1ccc(N2CCN(C(=O)CCc3ccc(F)cc3)CC2)cc1. The van der Waals surface area contributed by atoms with Crippen molar-refractivity contribution in [1.82, 2.24) is 4.90 Å². The molecule has 0 spiro atoms. The first-order valence-electron chi connectivity index (χ1n) is 8.24. The highest BCUT2D eigenvalue weighted by molar-refractivity contribution is 5.76. The summed E-state index contributed by atoms with van der Waals surface area (Å²) in [6.45, 7) is 3.11. The highest BCUT2D eigenvalue weighted by atomic mass is 19.1. The van der Waals surface area contributed by atoms with Gasteiger partial charge in [0.2, 0.25) is 5.91 Å². The summed E-state index contributed by atoms with van der Waals surface area (Å²) in [4.78, 5) is 16.5. The highest BCUT2D eigenvalue weighted by Crippen LogP contribution is 2.18. The van der Waals surface area contributed by atoms with Crippen LogP contribution < -0.4 is 10.6 Å². The van der Waals surface area contributed by atoms with E-state index in [2.05, 4.69) is 4.90 Å². The van der Waals surface area contributed by atoms with E-state index in [0.717, 1.165) is 43.1 Å². The molecule has 1 saturated heterocycles. The molecule has 1 heterocycles. The Hall–Kier alpha value is -2.56. The van der Waals surface area contributed by atoms with Gasteiger partial charge in [-0.15, -0.1) is 0 Å². The van der Waals surface area contributed by atoms with Crippen molar-refractivity contribution in [3.63, 3.8) is 0 Å². The summed E-state index contributed by atoms with van der Waals surface area (Å²) in [5.41, 5.74) is 8.61. The van der Waals surface area contributed by atoms with Crippen molar-refractivity contribution in [3.05, 3.63) is 59.9 Å². The quantitative estimate of drug-likeness (QED) is 0.879. The first-order chi connectivity index (χ1) is 11.6. The predicted octanol–water partition coefficient (Wildman–Crippen LogP) is 2.69. The molecule has 0 aliphatic carbocycles. The van der Waals surface area contributed by atoms with Gasteiger partial charge >= 0.3 is 0 Å². The van der Waals surface area contributed by atoms with Crippen molar-refractivity contribution in [3.8, 4) is 0 Å². The molecule has 1 fully saturated rings. The van der Waals surface area contributed by atoms with Gasteiger partial charge in [-0.25, -0.2) is 4.39 Å². The molecule has 1 amide bonds. The maximum atomic E-state index is 12.9. The van der Waals surface area contributed by atoms with Gasteiger partial charge in [-0.1, -0.05) is 12.1 Å². The van der Waals surface area contributed by atoms with Gasteiger partial charge in [-0.05, 0) is 48.4 Å². The van der Waals surface area contributed by atoms with Gasteiger partial charge in [0.05, 0.1) is 0 Å². The maximum Gasteiger partial charge on any atom is 0.223 e. The van der Waals surface area contributed by atoms with Gasteiger partial charge in [0, 0.05) is 44.0 Å². The number of hydrogen-bond acceptors (Lipinski definition) is 3. The van der Waals surface area contributed by atoms with Crippen LogP contribution in [0.15, 0.2) is 48.5 Å². The predicted molar refractivity (Wildman–Crippen MR) is 94.4 cm³/mol. The molecule has 0 saturated carbocycles. The minimum absolute atomic E-state index is 0.163. The normalized spacial score (nSPS) is 14.7. The van der Waals surface area contributed by atoms with E-state index in [-0.39, 0.29) is 11.7 Å². The zero-order valence-corrected chi connectivity index (χ0v) is 13.6. The summed E-state index contributed by atoms with van der Waals surface area (Å²) in [5, 5.41) is 0. The first-order valence-corrected chi connectivity index (χ1v) is 8.24. The number of piperazine rings is 1. The molecule has 2 aromatic rings. The van der Waals surface area contributed by atoms with E-state index in [1.54, 1.807) is 12.1 Å². The van der Waals surface area contributed by atoms with Crippen molar-refractivity contribution in [2.24, 2.45) is 0 Å². The van der Waals surface area contributed by atoms with E-state index >= 15 is 0 Å². The number of halogens is 1. The van der Waals surface area contributed by atoms with Crippen LogP contribution in [0.4, 0.5) is 15.8 Å². The lowest BCUT2D eigenvalue weighted by atomic mass is 10.1. The number of rotatable bonds is 4. The summed E-state index contributed by atoms with van der Waals surface area (Å²) in [7, 11) is 0. The molecule has 1 aliphatic rings. The molecule has 5 heteroatoms. The smallest absolute Gasteiger partial charge is 0.223 e. The Labute approximate surface area is 141 Å². The van der Waals surface area contributed by atoms with Crippen LogP contribution in [0.3, 0.4) is 0 Å². The van der Waals surface area contributed by atoms with Gasteiger partial charge in [-0.3, -0.25) is 4.79 Å². The van der Waals surface area contributed by atoms with E-state index in [9.17, 15) is 9.18 Å². The third-order valence-corrected chi connectivity index (χ3v) is 4.43. The minimum Gasteiger partial charge on any atom is -0.399 e. The third kappa shape index (κ3) is 4.04. The molecule has 24 heavy (non-hydrogen) atoms. The number of hydrogen-bond donors (Lipinski definition) is 1. The third-order valence-electron chi connectivity index (χ3n) is 4.43. The Morgan fingerprint density at radius 3 is 2.21 bits per heavy atom. The zero-order chi connectivity index (χ0) is 16.9. The second-order valence-corrected chi connectivity index (χ2v) is 6.09. The Bertz CT molecular complexity index is 677. The van der Waals surface area contributed by atoms with Crippen LogP contribution in [-0.2, 0) is 11.2 Å². The Morgan fingerprint density at radius 1 is 0.958 bits per heavy atom. The van der Waals surface area contributed by atoms with Crippen LogP contribution in [0.1, 0.15) is 12.0 Å². The second-order valence-electron chi connectivity index (χ2n) is 6.09. The lowest BCUT2D eigenvalue weighted by Crippen LogP contribution is -2.48. The largest absolute Gasteiger partial charge is 0.399 e. The minimum atomic E-state index is -0.246. The molecule has 2 N–H and O–H groups in total. The average molecular weight is 327 g/mol. The van der Waals surface area contributed by atoms with Crippen molar-refractivity contribution in [2.75, 3.05) is 36.8 Å². The fourth-order valence-electron chi connectivity index (χ4n) is 2.96. The Kier molecular flexibility index (Phi) is 4.99. The Morgan fingerprint density at radius 2 is 1.58 bits per heavy atom. The highest BCUT2D eigenvalue weighted by Gasteiger charge is 2.20. The summed E-state index contributed by atoms with van der Waals surface area (Å²) in [5.74, 6) is -0.0832. The van der Waals surface area contributed by atoms with Gasteiger partial charge in [-0.2, -0.15) is 0 Å². The molecular weight excluding hydrogens is 305 g/mol. The molecule has 2 aromatic carbocycles. The van der Waals surface area contributed by atoms with Crippen LogP contribution >= 0.6 is 0 Å². The molecular formula is C19H22FN3O. The van der Waals surface area contributed by atoms with Crippen LogP contribution in [0.5, 0.6) is 0 Å². The van der Waals surface area contributed by atoms with Crippen molar-refractivity contribution in [2.45, 2.75) is 12.8 Å². The van der Waals surface area contributed by atoms with Crippen LogP contribution in [0.25, 0.3) is 0 Å². The zero-order valence-electron chi connectivity index (χ0n) is 13.6. The van der Waals surface area contributed by atoms with Gasteiger partial charge in [0.25, 0.3) is 0 Å². The number of anilines is 2. The van der Waals surface area contributed by atoms with Gasteiger partial charge < -0.3 is 15.5 Å². The summed E-state index contributed by atoms with van der Waals surface area (Å²) in [6.07, 6.45) is 1.12. The number of nitrogens with two attached hydrogens (primary N) is 1. The van der Waals surface area contributed by atoms with E-state index in [1.165, 1.54) is 12.1 Å². The lowest BCUT2D eigenvalue weighted by molar-refractivity contribution is -0.131. The summed E-state index contributed by atoms with van der Waals surface area (Å²) >= 11 is 0. The molecule has 0 bridgehead atoms. The number of amides is 1. The first kappa shape index (κ1) is 16.3. The monoisotopic (exact) mass is 327 g/mol. The van der Waals surface area contributed by atoms with Gasteiger partial charge in [0.15, 0.2) is 0 Å². The van der Waals surface area contributed by atoms with E-state index in [0.29, 0.717) is 12.8 Å². The fourth-order valence-corrected chi connectivity index (χ4v) is 2.96. The fraction of sp³-hybridized carbons (Fsp3) is 0.316. The van der Waals surface area contributed by atoms with E-state index < -0.39 is 0 Å². The number of carbonyl (C=O) groups is 1. The van der Waals surface area contributed by atoms with Crippen LogP contribution in [0.2, 0.25) is 0 Å². The lowest BCUT2D eigenvalue weighted by Gasteiger charge is -2.36. The van der Waals surface area contributed by atoms with Crippen molar-refractivity contribution in [1.29, 1.82) is 0 Å². The topological polar surface area (TPSA) is 49.6 Å². The summed E-state index contributed by atoms with van der Waals surface area (Å²) < 4.78 is 12.9. The molecule has 0 atom stereocenters. The number of nitrogen functional groups attached to an aromatic ring is 1. The second kappa shape index (κ2) is 7.34. The van der Waals surface area contributed by atoms with Crippen molar-refractivity contribution >= 4 is 17.3 Å². The molecule has 0 aromatic heterocycles. The standard InChI is InChI=1S/C19H22FN3O/c20-16-4-1-15(2-5-16)3-10-19(24)23-13-11-22(12-14-23)18-8-6-17(21)7-9-18/h1-2,4-9H,3,10-14,21H2. The van der Waals surface area contributed by atoms with E-state index in [1.807, 2.05) is 29.2 Å². The molecule has 126 valence electrons. The Balaban J connectivity index is 1.48. The maximum absolute atomic E-state index is 12.9. The van der Waals surface area contributed by atoms with Gasteiger partial charge in [0.1, 0.15) is 5.82 Å². The number of nitrogens with zero attached hydrogens (tertiary/aromatic N) is 2. The molecule has 0 radical (unpaired) electrons. The summed E-state index contributed by atoms with van der Waals surface area (Å²) in [6, 6.07) is 14.2. The average Bonchev–Trinajstić information content (AvgIpc) is 2.62. The molecule has 4 nitrogen and oxygen atoms in total. The van der Waals surface area contributed by atoms with Crippen molar-refractivity contribution < 1.29 is 9.18 Å². The van der Waals surface area contributed by atoms with Crippen LogP contribution in [-0.4, -0.2) is 37.0 Å². The molecule has 0 unspecified atom stereocenters. The van der Waals surface area contributed by atoms with E-state index in [4.69, 9.17) is 5.73 Å². The molecule has 3 rings (SSSR count). The molecule has 1 aliphatic heterocycles.